The molecule has 1 aliphatic heterocycles. The van der Waals surface area contributed by atoms with Crippen LogP contribution in [-0.4, -0.2) is 18.3 Å². The first-order chi connectivity index (χ1) is 8.95. The molecule has 1 amide bonds. The molecule has 2 heterocycles. The molecule has 0 spiro atoms. The average Bonchev–Trinajstić information content (AvgIpc) is 2.93. The lowest BCUT2D eigenvalue weighted by molar-refractivity contribution is 0.0874. The summed E-state index contributed by atoms with van der Waals surface area (Å²) >= 11 is 6.08. The molecule has 1 aliphatic carbocycles. The quantitative estimate of drug-likeness (QED) is 0.775. The highest BCUT2D eigenvalue weighted by molar-refractivity contribution is 6.37. The molecule has 0 saturated heterocycles. The van der Waals surface area contributed by atoms with Crippen LogP contribution in [0, 0.1) is 5.92 Å². The molecule has 1 aromatic rings. The molecule has 6 heteroatoms. The Bertz CT molecular complexity index is 622. The van der Waals surface area contributed by atoms with Crippen molar-refractivity contribution < 1.29 is 4.79 Å². The summed E-state index contributed by atoms with van der Waals surface area (Å²) in [5.41, 5.74) is -0.740. The SMILES string of the molecule is [B]c1cc(Cl)c2n(c1=O)C(C)(C1CCCC1)NC2=O. The predicted octanol–water partition coefficient (Wildman–Crippen LogP) is 0.902. The Morgan fingerprint density at radius 2 is 2.05 bits per heavy atom. The molecule has 1 aromatic heterocycles. The van der Waals surface area contributed by atoms with Crippen molar-refractivity contribution in [1.29, 1.82) is 0 Å². The Kier molecular flexibility index (Phi) is 2.78. The van der Waals surface area contributed by atoms with Crippen LogP contribution < -0.4 is 16.3 Å². The molecule has 3 rings (SSSR count). The summed E-state index contributed by atoms with van der Waals surface area (Å²) in [5, 5.41) is 3.16. The van der Waals surface area contributed by atoms with E-state index in [0.29, 0.717) is 0 Å². The molecule has 4 nitrogen and oxygen atoms in total. The van der Waals surface area contributed by atoms with Gasteiger partial charge in [-0.2, -0.15) is 0 Å². The Labute approximate surface area is 117 Å². The molecule has 1 atom stereocenters. The van der Waals surface area contributed by atoms with Gasteiger partial charge in [-0.05, 0) is 31.3 Å². The van der Waals surface area contributed by atoms with Gasteiger partial charge in [0, 0.05) is 5.92 Å². The summed E-state index contributed by atoms with van der Waals surface area (Å²) in [6, 6.07) is 1.36. The Morgan fingerprint density at radius 3 is 2.68 bits per heavy atom. The van der Waals surface area contributed by atoms with Crippen molar-refractivity contribution in [3.8, 4) is 0 Å². The number of amides is 1. The number of fused-ring (bicyclic) bond motifs is 1. The molecule has 0 bridgehead atoms. The van der Waals surface area contributed by atoms with Crippen LogP contribution in [0.1, 0.15) is 43.1 Å². The molecule has 1 fully saturated rings. The third-order valence-corrected chi connectivity index (χ3v) is 4.67. The van der Waals surface area contributed by atoms with Gasteiger partial charge in [0.05, 0.1) is 5.02 Å². The van der Waals surface area contributed by atoms with Crippen LogP contribution in [0.2, 0.25) is 5.02 Å². The lowest BCUT2D eigenvalue weighted by Gasteiger charge is -2.33. The second-order valence-corrected chi connectivity index (χ2v) is 5.93. The van der Waals surface area contributed by atoms with Gasteiger partial charge in [0.1, 0.15) is 19.2 Å². The number of halogens is 1. The zero-order valence-corrected chi connectivity index (χ0v) is 11.5. The van der Waals surface area contributed by atoms with Crippen molar-refractivity contribution in [2.45, 2.75) is 38.3 Å². The monoisotopic (exact) mass is 276 g/mol. The fourth-order valence-corrected chi connectivity index (χ4v) is 3.66. The maximum absolute atomic E-state index is 12.3. The second kappa shape index (κ2) is 4.13. The highest BCUT2D eigenvalue weighted by atomic mass is 35.5. The van der Waals surface area contributed by atoms with Crippen molar-refractivity contribution in [3.05, 3.63) is 27.1 Å². The third-order valence-electron chi connectivity index (χ3n) is 4.38. The van der Waals surface area contributed by atoms with Crippen molar-refractivity contribution in [2.24, 2.45) is 5.92 Å². The number of pyridine rings is 1. The second-order valence-electron chi connectivity index (χ2n) is 5.52. The van der Waals surface area contributed by atoms with E-state index >= 15 is 0 Å². The zero-order chi connectivity index (χ0) is 13.8. The smallest absolute Gasteiger partial charge is 0.271 e. The number of carbonyl (C=O) groups excluding carboxylic acids is 1. The van der Waals surface area contributed by atoms with E-state index in [4.69, 9.17) is 19.4 Å². The number of hydrogen-bond donors (Lipinski definition) is 1. The fraction of sp³-hybridized carbons (Fsp3) is 0.538. The summed E-state index contributed by atoms with van der Waals surface area (Å²) in [6.07, 6.45) is 4.23. The van der Waals surface area contributed by atoms with Gasteiger partial charge in [-0.3, -0.25) is 14.2 Å². The van der Waals surface area contributed by atoms with Crippen LogP contribution in [-0.2, 0) is 5.66 Å². The van der Waals surface area contributed by atoms with E-state index < -0.39 is 5.66 Å². The van der Waals surface area contributed by atoms with Crippen molar-refractivity contribution in [1.82, 2.24) is 9.88 Å². The molecule has 2 aliphatic rings. The van der Waals surface area contributed by atoms with Gasteiger partial charge < -0.3 is 5.32 Å². The van der Waals surface area contributed by atoms with Gasteiger partial charge >= 0.3 is 0 Å². The molecule has 1 saturated carbocycles. The van der Waals surface area contributed by atoms with Crippen molar-refractivity contribution >= 4 is 30.8 Å². The van der Waals surface area contributed by atoms with Gasteiger partial charge in [0.25, 0.3) is 5.91 Å². The molecule has 0 aromatic carbocycles. The van der Waals surface area contributed by atoms with Gasteiger partial charge in [0.15, 0.2) is 0 Å². The van der Waals surface area contributed by atoms with E-state index in [1.165, 1.54) is 10.6 Å². The first-order valence-corrected chi connectivity index (χ1v) is 6.87. The molecular weight excluding hydrogens is 262 g/mol. The highest BCUT2D eigenvalue weighted by Crippen LogP contribution is 2.40. The largest absolute Gasteiger partial charge is 0.327 e. The normalized spacial score (nSPS) is 26.5. The summed E-state index contributed by atoms with van der Waals surface area (Å²) in [6.45, 7) is 1.88. The standard InChI is InChI=1S/C13H14BClN2O2/c1-13(7-4-2-3-5-7)16-11(18)10-9(15)6-8(14)12(19)17(10)13/h6-7H,2-5H2,1H3,(H,16,18). The molecule has 19 heavy (non-hydrogen) atoms. The lowest BCUT2D eigenvalue weighted by atomic mass is 9.91. The van der Waals surface area contributed by atoms with Crippen LogP contribution in [0.5, 0.6) is 0 Å². The van der Waals surface area contributed by atoms with E-state index in [9.17, 15) is 9.59 Å². The minimum atomic E-state index is -0.709. The van der Waals surface area contributed by atoms with Crippen LogP contribution in [0.3, 0.4) is 0 Å². The number of nitrogens with one attached hydrogen (secondary N) is 1. The average molecular weight is 277 g/mol. The molecule has 1 unspecified atom stereocenters. The minimum absolute atomic E-state index is 0.0782. The summed E-state index contributed by atoms with van der Waals surface area (Å²) in [5.74, 6) is -0.0511. The summed E-state index contributed by atoms with van der Waals surface area (Å²) in [7, 11) is 5.70. The molecule has 2 radical (unpaired) electrons. The number of nitrogens with zero attached hydrogens (tertiary/aromatic N) is 1. The highest BCUT2D eigenvalue weighted by Gasteiger charge is 2.47. The summed E-state index contributed by atoms with van der Waals surface area (Å²) < 4.78 is 1.46. The Balaban J connectivity index is 2.26. The van der Waals surface area contributed by atoms with E-state index in [2.05, 4.69) is 5.32 Å². The maximum atomic E-state index is 12.3. The topological polar surface area (TPSA) is 51.1 Å². The lowest BCUT2D eigenvalue weighted by Crippen LogP contribution is -2.52. The maximum Gasteiger partial charge on any atom is 0.271 e. The van der Waals surface area contributed by atoms with Crippen molar-refractivity contribution in [2.75, 3.05) is 0 Å². The van der Waals surface area contributed by atoms with Crippen LogP contribution in [0.25, 0.3) is 0 Å². The van der Waals surface area contributed by atoms with Gasteiger partial charge in [-0.15, -0.1) is 0 Å². The van der Waals surface area contributed by atoms with E-state index in [1.807, 2.05) is 6.92 Å². The summed E-state index contributed by atoms with van der Waals surface area (Å²) in [4.78, 5) is 24.4. The zero-order valence-electron chi connectivity index (χ0n) is 10.7. The van der Waals surface area contributed by atoms with Crippen LogP contribution in [0.4, 0.5) is 0 Å². The number of rotatable bonds is 1. The van der Waals surface area contributed by atoms with E-state index in [1.54, 1.807) is 0 Å². The first kappa shape index (κ1) is 12.8. The van der Waals surface area contributed by atoms with Crippen LogP contribution >= 0.6 is 11.6 Å². The van der Waals surface area contributed by atoms with Crippen molar-refractivity contribution in [3.63, 3.8) is 0 Å². The van der Waals surface area contributed by atoms with E-state index in [-0.39, 0.29) is 33.6 Å². The molecule has 98 valence electrons. The Morgan fingerprint density at radius 1 is 1.42 bits per heavy atom. The van der Waals surface area contributed by atoms with Crippen LogP contribution in [0.15, 0.2) is 10.9 Å². The van der Waals surface area contributed by atoms with Gasteiger partial charge in [0.2, 0.25) is 5.56 Å². The number of carbonyl (C=O) groups is 1. The fourth-order valence-electron chi connectivity index (χ4n) is 3.37. The Hall–Kier alpha value is -1.23. The minimum Gasteiger partial charge on any atom is -0.327 e. The molecule has 1 N–H and O–H groups in total. The van der Waals surface area contributed by atoms with Gasteiger partial charge in [-0.1, -0.05) is 24.4 Å². The predicted molar refractivity (Wildman–Crippen MR) is 74.2 cm³/mol. The van der Waals surface area contributed by atoms with Gasteiger partial charge in [-0.25, -0.2) is 0 Å². The third kappa shape index (κ3) is 1.67. The first-order valence-electron chi connectivity index (χ1n) is 6.49. The molecular formula is C13H14BClN2O2. The number of hydrogen-bond acceptors (Lipinski definition) is 2. The van der Waals surface area contributed by atoms with E-state index in [0.717, 1.165) is 25.7 Å². The number of aromatic nitrogens is 1.